The second-order valence-corrected chi connectivity index (χ2v) is 13.0. The van der Waals surface area contributed by atoms with E-state index in [1.54, 1.807) is 30.3 Å². The van der Waals surface area contributed by atoms with E-state index >= 15 is 0 Å². The smallest absolute Gasteiger partial charge is 0.123 e. The lowest BCUT2D eigenvalue weighted by Gasteiger charge is -2.62. The highest BCUT2D eigenvalue weighted by atomic mass is 16.3. The topological polar surface area (TPSA) is 148 Å². The van der Waals surface area contributed by atoms with Crippen molar-refractivity contribution in [3.8, 4) is 11.5 Å². The molecule has 1 fully saturated rings. The van der Waals surface area contributed by atoms with E-state index in [1.807, 2.05) is 69.5 Å². The van der Waals surface area contributed by atoms with Gasteiger partial charge in [0.25, 0.3) is 0 Å². The molecule has 9 heteroatoms. The third-order valence-electron chi connectivity index (χ3n) is 10.2. The van der Waals surface area contributed by atoms with Crippen molar-refractivity contribution in [3.05, 3.63) is 77.9 Å². The number of hydrogen-bond donors (Lipinski definition) is 4. The molecule has 2 atom stereocenters. The van der Waals surface area contributed by atoms with Crippen LogP contribution >= 0.6 is 0 Å². The van der Waals surface area contributed by atoms with Crippen LogP contribution in [0.4, 0.5) is 28.4 Å². The summed E-state index contributed by atoms with van der Waals surface area (Å²) in [6, 6.07) is 19.9. The normalized spacial score (nSPS) is 21.0. The van der Waals surface area contributed by atoms with E-state index < -0.39 is 24.0 Å². The highest BCUT2D eigenvalue weighted by Crippen LogP contribution is 2.58. The van der Waals surface area contributed by atoms with Crippen molar-refractivity contribution in [3.63, 3.8) is 0 Å². The maximum atomic E-state index is 14.8. The molecule has 0 aromatic heterocycles. The van der Waals surface area contributed by atoms with Crippen molar-refractivity contribution < 1.29 is 20.4 Å². The molecule has 6 aromatic carbocycles. The van der Waals surface area contributed by atoms with Gasteiger partial charge in [-0.3, -0.25) is 0 Å². The molecule has 6 N–H and O–H groups in total. The zero-order valence-corrected chi connectivity index (χ0v) is 26.1. The molecule has 0 saturated heterocycles. The Hall–Kier alpha value is -5.12. The van der Waals surface area contributed by atoms with Crippen LogP contribution in [-0.4, -0.2) is 57.3 Å². The summed E-state index contributed by atoms with van der Waals surface area (Å²) in [5, 5.41) is 57.5. The molecule has 9 nitrogen and oxygen atoms in total. The molecule has 0 bridgehead atoms. The molecular formula is C37H35N5O4-2. The fourth-order valence-electron chi connectivity index (χ4n) is 8.44. The molecule has 8 rings (SSSR count). The summed E-state index contributed by atoms with van der Waals surface area (Å²) in [5.41, 5.74) is 18.1. The molecule has 1 heterocycles. The number of benzene rings is 6. The Labute approximate surface area is 266 Å². The molecule has 234 valence electrons. The first-order valence-electron chi connectivity index (χ1n) is 15.4. The number of anilines is 5. The molecule has 1 aliphatic heterocycles. The highest BCUT2D eigenvalue weighted by molar-refractivity contribution is 6.24. The molecule has 1 aliphatic carbocycles. The summed E-state index contributed by atoms with van der Waals surface area (Å²) in [5.74, 6) is -2.12. The standard InChI is InChI=1S/C37H35N5O4/c1-40(2)34-18-9-6-12-23(43)26(18)31(27-19(34)10-7-13-24(27)44)33-36(45)32(37(33)46)30-25-17(8-5-11-20(25)38)35-29-22(41(3)16-42(35)4)15-14-21(39)28(29)30/h5-15,32-33,36-37,43-44H,16,38-39H2,1-4H3/q-2. The predicted molar refractivity (Wildman–Crippen MR) is 184 cm³/mol. The summed E-state index contributed by atoms with van der Waals surface area (Å²) in [4.78, 5) is 6.18. The van der Waals surface area contributed by atoms with Gasteiger partial charge in [-0.2, -0.15) is 0 Å². The summed E-state index contributed by atoms with van der Waals surface area (Å²) < 4.78 is 0. The summed E-state index contributed by atoms with van der Waals surface area (Å²) in [7, 11) is 7.80. The van der Waals surface area contributed by atoms with Crippen LogP contribution in [0.25, 0.3) is 43.1 Å². The van der Waals surface area contributed by atoms with Crippen molar-refractivity contribution in [2.24, 2.45) is 0 Å². The number of nitrogens with zero attached hydrogens (tertiary/aromatic N) is 3. The van der Waals surface area contributed by atoms with Crippen molar-refractivity contribution in [1.82, 2.24) is 0 Å². The number of nitrogen functional groups attached to an aromatic ring is 2. The van der Waals surface area contributed by atoms with Crippen LogP contribution in [0.1, 0.15) is 23.0 Å². The van der Waals surface area contributed by atoms with Gasteiger partial charge >= 0.3 is 0 Å². The Kier molecular flexibility index (Phi) is 5.97. The van der Waals surface area contributed by atoms with Gasteiger partial charge in [-0.25, -0.2) is 0 Å². The molecule has 2 unspecified atom stereocenters. The van der Waals surface area contributed by atoms with Crippen LogP contribution in [0.3, 0.4) is 0 Å². The summed E-state index contributed by atoms with van der Waals surface area (Å²) in [6.45, 7) is 0.644. The van der Waals surface area contributed by atoms with Gasteiger partial charge in [0.1, 0.15) is 11.5 Å². The maximum Gasteiger partial charge on any atom is 0.123 e. The van der Waals surface area contributed by atoms with Crippen LogP contribution in [0.5, 0.6) is 11.5 Å². The number of fused-ring (bicyclic) bond motifs is 4. The minimum absolute atomic E-state index is 0.0461. The summed E-state index contributed by atoms with van der Waals surface area (Å²) >= 11 is 0. The van der Waals surface area contributed by atoms with E-state index in [4.69, 9.17) is 11.5 Å². The molecule has 46 heavy (non-hydrogen) atoms. The third-order valence-corrected chi connectivity index (χ3v) is 10.2. The van der Waals surface area contributed by atoms with Gasteiger partial charge < -0.3 is 46.6 Å². The summed E-state index contributed by atoms with van der Waals surface area (Å²) in [6.07, 6.45) is -2.81. The van der Waals surface area contributed by atoms with Crippen LogP contribution < -0.4 is 36.4 Å². The number of hydrogen-bond acceptors (Lipinski definition) is 9. The number of rotatable bonds is 3. The average molecular weight is 614 g/mol. The Morgan fingerprint density at radius 1 is 0.652 bits per heavy atom. The largest absolute Gasteiger partial charge is 0.851 e. The second kappa shape index (κ2) is 9.69. The SMILES string of the molecule is CN(C)c1c2cccc(O)c2c(C2C([O-])C(c3c4c(N)cccc4c4c5c(ccc(N)c35)N(C)CN4C)C2[O-])c2c(O)cccc12. The first kappa shape index (κ1) is 28.4. The van der Waals surface area contributed by atoms with E-state index in [9.17, 15) is 20.4 Å². The molecule has 2 aliphatic rings. The lowest BCUT2D eigenvalue weighted by atomic mass is 9.60. The number of nitrogens with two attached hydrogens (primary N) is 2. The molecule has 6 aromatic rings. The van der Waals surface area contributed by atoms with Crippen LogP contribution in [0.15, 0.2) is 66.7 Å². The number of phenols is 2. The molecule has 0 radical (unpaired) electrons. The van der Waals surface area contributed by atoms with Gasteiger partial charge in [0.2, 0.25) is 0 Å². The van der Waals surface area contributed by atoms with Crippen molar-refractivity contribution in [1.29, 1.82) is 0 Å². The minimum Gasteiger partial charge on any atom is -0.851 e. The Bertz CT molecular complexity index is 2200. The van der Waals surface area contributed by atoms with Gasteiger partial charge in [0.15, 0.2) is 0 Å². The van der Waals surface area contributed by atoms with E-state index in [1.165, 1.54) is 0 Å². The predicted octanol–water partition coefficient (Wildman–Crippen LogP) is 4.12. The van der Waals surface area contributed by atoms with E-state index in [-0.39, 0.29) is 11.5 Å². The fourth-order valence-corrected chi connectivity index (χ4v) is 8.44. The lowest BCUT2D eigenvalue weighted by molar-refractivity contribution is -0.535. The molecule has 1 saturated carbocycles. The van der Waals surface area contributed by atoms with Crippen LogP contribution in [-0.2, 0) is 0 Å². The minimum atomic E-state index is -1.41. The fraction of sp³-hybridized carbons (Fsp3) is 0.243. The van der Waals surface area contributed by atoms with Crippen LogP contribution in [0.2, 0.25) is 0 Å². The van der Waals surface area contributed by atoms with E-state index in [2.05, 4.69) is 9.80 Å². The van der Waals surface area contributed by atoms with Crippen molar-refractivity contribution in [2.45, 2.75) is 24.0 Å². The van der Waals surface area contributed by atoms with Crippen molar-refractivity contribution >= 4 is 71.5 Å². The molecular weight excluding hydrogens is 578 g/mol. The van der Waals surface area contributed by atoms with Crippen LogP contribution in [0, 0.1) is 0 Å². The maximum absolute atomic E-state index is 14.8. The quantitative estimate of drug-likeness (QED) is 0.171. The van der Waals surface area contributed by atoms with Gasteiger partial charge in [-0.05, 0) is 53.3 Å². The molecule has 0 spiro atoms. The van der Waals surface area contributed by atoms with Gasteiger partial charge in [0, 0.05) is 88.3 Å². The Morgan fingerprint density at radius 3 is 1.76 bits per heavy atom. The highest BCUT2D eigenvalue weighted by Gasteiger charge is 2.44. The second-order valence-electron chi connectivity index (χ2n) is 13.0. The lowest BCUT2D eigenvalue weighted by Crippen LogP contribution is -2.63. The van der Waals surface area contributed by atoms with Gasteiger partial charge in [-0.1, -0.05) is 36.4 Å². The zero-order chi connectivity index (χ0) is 32.3. The first-order valence-corrected chi connectivity index (χ1v) is 15.4. The number of aromatic hydroxyl groups is 2. The average Bonchev–Trinajstić information content (AvgIpc) is 3.00. The van der Waals surface area contributed by atoms with E-state index in [0.29, 0.717) is 61.5 Å². The number of phenolic OH excluding ortho intramolecular Hbond substituents is 2. The van der Waals surface area contributed by atoms with Gasteiger partial charge in [-0.15, -0.1) is 12.2 Å². The van der Waals surface area contributed by atoms with Gasteiger partial charge in [0.05, 0.1) is 18.0 Å². The molecule has 0 amide bonds. The van der Waals surface area contributed by atoms with E-state index in [0.717, 1.165) is 27.8 Å². The third kappa shape index (κ3) is 3.52. The Balaban J connectivity index is 1.44. The Morgan fingerprint density at radius 2 is 1.17 bits per heavy atom. The first-order chi connectivity index (χ1) is 22.0. The zero-order valence-electron chi connectivity index (χ0n) is 26.1. The van der Waals surface area contributed by atoms with Crippen molar-refractivity contribution in [2.75, 3.05) is 61.0 Å². The monoisotopic (exact) mass is 613 g/mol.